The average Bonchev–Trinajstić information content (AvgIpc) is 3.53. The predicted octanol–water partition coefficient (Wildman–Crippen LogP) is 3.94. The minimum absolute atomic E-state index is 0.0390. The Kier molecular flexibility index (Phi) is 13.6. The van der Waals surface area contributed by atoms with E-state index < -0.39 is 56.5 Å². The third kappa shape index (κ3) is 11.7. The lowest BCUT2D eigenvalue weighted by molar-refractivity contribution is -0.166. The number of benzene rings is 2. The van der Waals surface area contributed by atoms with Gasteiger partial charge in [-0.2, -0.15) is 0 Å². The summed E-state index contributed by atoms with van der Waals surface area (Å²) in [5.74, 6) is -2.33. The first-order chi connectivity index (χ1) is 20.2. The quantitative estimate of drug-likeness (QED) is 0.131. The Labute approximate surface area is 245 Å². The lowest BCUT2D eigenvalue weighted by Gasteiger charge is -2.20. The van der Waals surface area contributed by atoms with Gasteiger partial charge in [-0.25, -0.2) is 19.2 Å². The molecule has 12 nitrogen and oxygen atoms in total. The number of carbonyl (C=O) groups excluding carboxylic acids is 4. The second-order valence-corrected chi connectivity index (χ2v) is 10.8. The standard InChI is InChI=1S/C29H37N2O10P/c1-20(31-29(35)37-19-22-10-5-3-6-11-22)15-16-25(28(34)40-27(33)24-14-9-17-30-24)41-42(36)38-18-21(2)39-26(32)23-12-7-4-8-13-23/h3-8,10-13,20-21,24-25,30,42H,9,14-19H2,1-2H3,(H,31,35)/t20?,21?,24-,25?/m0/s1. The molecule has 1 amide bonds. The summed E-state index contributed by atoms with van der Waals surface area (Å²) < 4.78 is 38.7. The second kappa shape index (κ2) is 17.4. The van der Waals surface area contributed by atoms with Gasteiger partial charge in [-0.1, -0.05) is 48.5 Å². The molecule has 1 saturated heterocycles. The van der Waals surface area contributed by atoms with Gasteiger partial charge < -0.3 is 29.4 Å². The highest BCUT2D eigenvalue weighted by Crippen LogP contribution is 2.29. The third-order valence-electron chi connectivity index (χ3n) is 6.24. The molecule has 0 bridgehead atoms. The van der Waals surface area contributed by atoms with Crippen LogP contribution in [-0.4, -0.2) is 61.4 Å². The summed E-state index contributed by atoms with van der Waals surface area (Å²) in [6.45, 7) is 3.72. The van der Waals surface area contributed by atoms with E-state index in [1.165, 1.54) is 0 Å². The summed E-state index contributed by atoms with van der Waals surface area (Å²) in [4.78, 5) is 49.6. The highest BCUT2D eigenvalue weighted by atomic mass is 31.1. The molecule has 228 valence electrons. The number of nitrogens with one attached hydrogen (secondary N) is 2. The monoisotopic (exact) mass is 604 g/mol. The summed E-state index contributed by atoms with van der Waals surface area (Å²) >= 11 is 0. The largest absolute Gasteiger partial charge is 0.457 e. The second-order valence-electron chi connectivity index (χ2n) is 9.82. The molecule has 0 aromatic heterocycles. The summed E-state index contributed by atoms with van der Waals surface area (Å²) in [6.07, 6.45) is -1.35. The highest BCUT2D eigenvalue weighted by molar-refractivity contribution is 7.33. The first-order valence-corrected chi connectivity index (χ1v) is 15.0. The van der Waals surface area contributed by atoms with Crippen molar-refractivity contribution in [3.8, 4) is 0 Å². The molecule has 3 rings (SSSR count). The zero-order valence-electron chi connectivity index (χ0n) is 23.6. The fourth-order valence-corrected chi connectivity index (χ4v) is 4.87. The number of amides is 1. The average molecular weight is 605 g/mol. The maximum absolute atomic E-state index is 12.8. The number of rotatable bonds is 15. The molecule has 1 aliphatic heterocycles. The van der Waals surface area contributed by atoms with Gasteiger partial charge >= 0.3 is 32.3 Å². The maximum Gasteiger partial charge on any atom is 0.407 e. The van der Waals surface area contributed by atoms with Crippen molar-refractivity contribution in [2.45, 2.75) is 70.4 Å². The summed E-state index contributed by atoms with van der Waals surface area (Å²) in [5.41, 5.74) is 1.18. The van der Waals surface area contributed by atoms with Gasteiger partial charge in [0, 0.05) is 6.04 Å². The van der Waals surface area contributed by atoms with Gasteiger partial charge in [0.1, 0.15) is 18.8 Å². The molecule has 4 unspecified atom stereocenters. The van der Waals surface area contributed by atoms with Crippen LogP contribution in [0.2, 0.25) is 0 Å². The smallest absolute Gasteiger partial charge is 0.407 e. The minimum Gasteiger partial charge on any atom is -0.457 e. The molecule has 42 heavy (non-hydrogen) atoms. The van der Waals surface area contributed by atoms with Crippen LogP contribution in [0, 0.1) is 0 Å². The van der Waals surface area contributed by atoms with Gasteiger partial charge in [0.25, 0.3) is 0 Å². The highest BCUT2D eigenvalue weighted by Gasteiger charge is 2.31. The van der Waals surface area contributed by atoms with E-state index in [0.29, 0.717) is 18.5 Å². The lowest BCUT2D eigenvalue weighted by atomic mass is 10.1. The third-order valence-corrected chi connectivity index (χ3v) is 7.12. The van der Waals surface area contributed by atoms with E-state index in [0.717, 1.165) is 12.0 Å². The van der Waals surface area contributed by atoms with Gasteiger partial charge in [0.2, 0.25) is 0 Å². The predicted molar refractivity (Wildman–Crippen MR) is 152 cm³/mol. The molecule has 1 aliphatic rings. The molecule has 0 aliphatic carbocycles. The van der Waals surface area contributed by atoms with Crippen molar-refractivity contribution in [3.63, 3.8) is 0 Å². The Morgan fingerprint density at radius 2 is 1.69 bits per heavy atom. The van der Waals surface area contributed by atoms with Crippen molar-refractivity contribution < 1.29 is 47.0 Å². The molecule has 2 aromatic carbocycles. The number of esters is 3. The molecule has 2 N–H and O–H groups in total. The van der Waals surface area contributed by atoms with Crippen molar-refractivity contribution >= 4 is 32.3 Å². The Hall–Kier alpha value is -3.57. The first-order valence-electron chi connectivity index (χ1n) is 13.8. The van der Waals surface area contributed by atoms with Gasteiger partial charge in [-0.3, -0.25) is 9.09 Å². The van der Waals surface area contributed by atoms with E-state index in [1.807, 2.05) is 30.3 Å². The van der Waals surface area contributed by atoms with E-state index in [1.54, 1.807) is 44.2 Å². The minimum atomic E-state index is -3.27. The molecule has 1 fully saturated rings. The fourth-order valence-electron chi connectivity index (χ4n) is 3.98. The Balaban J connectivity index is 1.49. The summed E-state index contributed by atoms with van der Waals surface area (Å²) in [7, 11) is -3.27. The Bertz CT molecular complexity index is 1190. The number of alkyl carbamates (subject to hydrolysis) is 1. The van der Waals surface area contributed by atoms with Crippen LogP contribution in [0.15, 0.2) is 60.7 Å². The number of carbonyl (C=O) groups is 4. The summed E-state index contributed by atoms with van der Waals surface area (Å²) in [5, 5.41) is 5.61. The SMILES string of the molecule is CC(CCC(O[PH](=O)OCC(C)OC(=O)c1ccccc1)C(=O)OC(=O)[C@@H]1CCCN1)NC(=O)OCc1ccccc1. The van der Waals surface area contributed by atoms with Crippen molar-refractivity contribution in [3.05, 3.63) is 71.8 Å². The first kappa shape index (κ1) is 32.9. The van der Waals surface area contributed by atoms with Gasteiger partial charge in [-0.05, 0) is 63.8 Å². The van der Waals surface area contributed by atoms with Crippen LogP contribution in [0.3, 0.4) is 0 Å². The molecular formula is C29H37N2O10P. The molecule has 0 saturated carbocycles. The van der Waals surface area contributed by atoms with Crippen LogP contribution >= 0.6 is 8.25 Å². The van der Waals surface area contributed by atoms with Crippen LogP contribution in [0.5, 0.6) is 0 Å². The Morgan fingerprint density at radius 1 is 1.00 bits per heavy atom. The topological polar surface area (TPSA) is 156 Å². The zero-order chi connectivity index (χ0) is 30.3. The van der Waals surface area contributed by atoms with Crippen molar-refractivity contribution in [2.75, 3.05) is 13.2 Å². The molecule has 13 heteroatoms. The molecular weight excluding hydrogens is 567 g/mol. The van der Waals surface area contributed by atoms with Crippen LogP contribution < -0.4 is 10.6 Å². The van der Waals surface area contributed by atoms with E-state index in [-0.39, 0.29) is 26.1 Å². The van der Waals surface area contributed by atoms with E-state index in [9.17, 15) is 23.7 Å². The van der Waals surface area contributed by atoms with Crippen molar-refractivity contribution in [1.82, 2.24) is 10.6 Å². The lowest BCUT2D eigenvalue weighted by Crippen LogP contribution is -2.38. The van der Waals surface area contributed by atoms with Crippen LogP contribution in [0.1, 0.15) is 55.5 Å². The summed E-state index contributed by atoms with van der Waals surface area (Å²) in [6, 6.07) is 16.5. The van der Waals surface area contributed by atoms with E-state index in [2.05, 4.69) is 10.6 Å². The Morgan fingerprint density at radius 3 is 2.36 bits per heavy atom. The van der Waals surface area contributed by atoms with Crippen LogP contribution in [0.25, 0.3) is 0 Å². The van der Waals surface area contributed by atoms with Crippen molar-refractivity contribution in [2.24, 2.45) is 0 Å². The number of ether oxygens (including phenoxy) is 3. The van der Waals surface area contributed by atoms with E-state index in [4.69, 9.17) is 23.3 Å². The molecule has 1 heterocycles. The van der Waals surface area contributed by atoms with Crippen LogP contribution in [0.4, 0.5) is 4.79 Å². The number of hydrogen-bond acceptors (Lipinski definition) is 11. The fraction of sp³-hybridized carbons (Fsp3) is 0.448. The van der Waals surface area contributed by atoms with Crippen LogP contribution in [-0.2, 0) is 44.0 Å². The van der Waals surface area contributed by atoms with E-state index >= 15 is 0 Å². The molecule has 2 aromatic rings. The normalized spacial score (nSPS) is 17.3. The zero-order valence-corrected chi connectivity index (χ0v) is 24.6. The van der Waals surface area contributed by atoms with Gasteiger partial charge in [-0.15, -0.1) is 0 Å². The molecule has 0 radical (unpaired) electrons. The number of hydrogen-bond donors (Lipinski definition) is 2. The van der Waals surface area contributed by atoms with Crippen molar-refractivity contribution in [1.29, 1.82) is 0 Å². The van der Waals surface area contributed by atoms with Gasteiger partial charge in [0.05, 0.1) is 12.2 Å². The van der Waals surface area contributed by atoms with Gasteiger partial charge in [0.15, 0.2) is 6.10 Å². The molecule has 0 spiro atoms. The molecule has 5 atom stereocenters. The maximum atomic E-state index is 12.8.